The van der Waals surface area contributed by atoms with Crippen LogP contribution in [0.15, 0.2) is 67.3 Å². The Morgan fingerprint density at radius 2 is 1.32 bits per heavy atom. The molecule has 5 rings (SSSR count). The van der Waals surface area contributed by atoms with Gasteiger partial charge in [-0.2, -0.15) is 4.39 Å². The van der Waals surface area contributed by atoms with Gasteiger partial charge < -0.3 is 4.74 Å². The topological polar surface area (TPSA) is 9.23 Å². The van der Waals surface area contributed by atoms with E-state index >= 15 is 4.39 Å². The lowest BCUT2D eigenvalue weighted by molar-refractivity contribution is 0.155. The van der Waals surface area contributed by atoms with E-state index in [1.807, 2.05) is 6.07 Å². The highest BCUT2D eigenvalue weighted by Gasteiger charge is 2.31. The molecule has 2 aliphatic rings. The van der Waals surface area contributed by atoms with Gasteiger partial charge in [0, 0.05) is 11.1 Å². The van der Waals surface area contributed by atoms with Crippen molar-refractivity contribution in [2.45, 2.75) is 103 Å². The van der Waals surface area contributed by atoms with Gasteiger partial charge in [-0.3, -0.25) is 0 Å². The Labute approximate surface area is 262 Å². The molecule has 2 saturated carbocycles. The summed E-state index contributed by atoms with van der Waals surface area (Å²) in [6.07, 6.45) is 20.4. The zero-order chi connectivity index (χ0) is 30.9. The van der Waals surface area contributed by atoms with E-state index in [4.69, 9.17) is 4.74 Å². The van der Waals surface area contributed by atoms with Crippen molar-refractivity contribution >= 4 is 0 Å². The molecule has 3 aromatic rings. The van der Waals surface area contributed by atoms with E-state index in [1.54, 1.807) is 30.3 Å². The summed E-state index contributed by atoms with van der Waals surface area (Å²) in [4.78, 5) is 0. The van der Waals surface area contributed by atoms with Crippen molar-refractivity contribution in [2.75, 3.05) is 6.61 Å². The van der Waals surface area contributed by atoms with E-state index in [0.717, 1.165) is 36.2 Å². The van der Waals surface area contributed by atoms with Gasteiger partial charge in [0.25, 0.3) is 0 Å². The summed E-state index contributed by atoms with van der Waals surface area (Å²) < 4.78 is 49.8. The Bertz CT molecular complexity index is 1350. The normalized spacial score (nSPS) is 22.1. The van der Waals surface area contributed by atoms with Gasteiger partial charge in [0.1, 0.15) is 12.4 Å². The summed E-state index contributed by atoms with van der Waals surface area (Å²) in [5.41, 5.74) is 2.99. The van der Waals surface area contributed by atoms with E-state index in [1.165, 1.54) is 95.3 Å². The van der Waals surface area contributed by atoms with Crippen LogP contribution in [0.1, 0.15) is 108 Å². The molecular formula is C40H49F3O. The first-order chi connectivity index (χ1) is 21.5. The maximum Gasteiger partial charge on any atom is 0.201 e. The zero-order valence-corrected chi connectivity index (χ0v) is 26.4. The van der Waals surface area contributed by atoms with Crippen molar-refractivity contribution in [1.82, 2.24) is 0 Å². The molecule has 0 heterocycles. The van der Waals surface area contributed by atoms with Gasteiger partial charge in [-0.1, -0.05) is 107 Å². The van der Waals surface area contributed by atoms with Crippen LogP contribution in [0.5, 0.6) is 5.75 Å². The molecule has 0 atom stereocenters. The Morgan fingerprint density at radius 3 is 1.95 bits per heavy atom. The Kier molecular flexibility index (Phi) is 11.6. The number of halogens is 3. The van der Waals surface area contributed by atoms with Crippen LogP contribution in [0.2, 0.25) is 0 Å². The van der Waals surface area contributed by atoms with Crippen molar-refractivity contribution in [3.8, 4) is 28.0 Å². The number of hydrogen-bond donors (Lipinski definition) is 0. The lowest BCUT2D eigenvalue weighted by atomic mass is 9.68. The van der Waals surface area contributed by atoms with Gasteiger partial charge in [0.15, 0.2) is 11.6 Å². The molecule has 0 unspecified atom stereocenters. The summed E-state index contributed by atoms with van der Waals surface area (Å²) in [6, 6.07) is 15.5. The SMILES string of the molecule is C=CCOc1ccc(-c2ccc(-c3ccc(C4CCC(C5CCC(CCCCCCC)CC5)CC4)cc3F)cc2)c(F)c1F. The first-order valence-electron chi connectivity index (χ1n) is 17.1. The fourth-order valence-electron chi connectivity index (χ4n) is 7.77. The third kappa shape index (κ3) is 7.98. The minimum atomic E-state index is -1.03. The van der Waals surface area contributed by atoms with Crippen molar-refractivity contribution in [3.05, 3.63) is 90.3 Å². The van der Waals surface area contributed by atoms with E-state index in [9.17, 15) is 8.78 Å². The minimum Gasteiger partial charge on any atom is -0.486 e. The maximum absolute atomic E-state index is 15.4. The third-order valence-electron chi connectivity index (χ3n) is 10.4. The predicted octanol–water partition coefficient (Wildman–Crippen LogP) is 12.4. The lowest BCUT2D eigenvalue weighted by Crippen LogP contribution is -2.25. The lowest BCUT2D eigenvalue weighted by Gasteiger charge is -2.38. The number of benzene rings is 3. The summed E-state index contributed by atoms with van der Waals surface area (Å²) in [5.74, 6) is 0.741. The molecule has 3 aromatic carbocycles. The second kappa shape index (κ2) is 15.8. The van der Waals surface area contributed by atoms with Crippen molar-refractivity contribution in [2.24, 2.45) is 17.8 Å². The maximum atomic E-state index is 15.4. The Hall–Kier alpha value is -3.01. The van der Waals surface area contributed by atoms with Crippen molar-refractivity contribution in [1.29, 1.82) is 0 Å². The minimum absolute atomic E-state index is 0.0935. The standard InChI is InChI=1S/C40H49F3O/c1-3-5-6-7-8-9-28-10-12-29(13-11-28)30-14-16-31(17-15-30)34-22-23-35(37(41)27-34)32-18-20-33(21-19-32)36-24-25-38(44-26-4-2)40(43)39(36)42/h4,18-25,27-31H,2-3,5-17,26H2,1H3. The van der Waals surface area contributed by atoms with Gasteiger partial charge in [-0.25, -0.2) is 8.78 Å². The number of rotatable bonds is 13. The largest absolute Gasteiger partial charge is 0.486 e. The van der Waals surface area contributed by atoms with E-state index in [-0.39, 0.29) is 23.7 Å². The average Bonchev–Trinajstić information content (AvgIpc) is 3.06. The molecule has 236 valence electrons. The van der Waals surface area contributed by atoms with Gasteiger partial charge >= 0.3 is 0 Å². The quantitative estimate of drug-likeness (QED) is 0.140. The van der Waals surface area contributed by atoms with Gasteiger partial charge in [0.05, 0.1) is 0 Å². The van der Waals surface area contributed by atoms with Crippen LogP contribution in [0.25, 0.3) is 22.3 Å². The molecule has 0 spiro atoms. The van der Waals surface area contributed by atoms with Crippen molar-refractivity contribution in [3.63, 3.8) is 0 Å². The van der Waals surface area contributed by atoms with E-state index in [2.05, 4.69) is 19.6 Å². The third-order valence-corrected chi connectivity index (χ3v) is 10.4. The highest BCUT2D eigenvalue weighted by molar-refractivity contribution is 5.71. The number of ether oxygens (including phenoxy) is 1. The molecule has 0 amide bonds. The zero-order valence-electron chi connectivity index (χ0n) is 26.4. The molecule has 0 bridgehead atoms. The van der Waals surface area contributed by atoms with Crippen LogP contribution >= 0.6 is 0 Å². The van der Waals surface area contributed by atoms with E-state index in [0.29, 0.717) is 22.6 Å². The first-order valence-corrected chi connectivity index (χ1v) is 17.1. The van der Waals surface area contributed by atoms with Crippen molar-refractivity contribution < 1.29 is 17.9 Å². The van der Waals surface area contributed by atoms with Gasteiger partial charge in [0.2, 0.25) is 5.82 Å². The molecule has 0 N–H and O–H groups in total. The van der Waals surface area contributed by atoms with Gasteiger partial charge in [-0.15, -0.1) is 0 Å². The molecule has 0 saturated heterocycles. The van der Waals surface area contributed by atoms with Crippen LogP contribution in [0.3, 0.4) is 0 Å². The molecule has 0 aliphatic heterocycles. The van der Waals surface area contributed by atoms with E-state index < -0.39 is 11.6 Å². The highest BCUT2D eigenvalue weighted by atomic mass is 19.2. The van der Waals surface area contributed by atoms with Crippen LogP contribution in [-0.2, 0) is 0 Å². The fraction of sp³-hybridized carbons (Fsp3) is 0.500. The number of hydrogen-bond acceptors (Lipinski definition) is 1. The predicted molar refractivity (Wildman–Crippen MR) is 176 cm³/mol. The smallest absolute Gasteiger partial charge is 0.201 e. The molecule has 0 radical (unpaired) electrons. The van der Waals surface area contributed by atoms with Crippen LogP contribution in [0, 0.1) is 35.2 Å². The van der Waals surface area contributed by atoms with Gasteiger partial charge in [-0.05, 0) is 97.1 Å². The molecule has 2 fully saturated rings. The first kappa shape index (κ1) is 32.4. The second-order valence-electron chi connectivity index (χ2n) is 13.3. The molecule has 0 aromatic heterocycles. The van der Waals surface area contributed by atoms with Crippen LogP contribution in [0.4, 0.5) is 13.2 Å². The monoisotopic (exact) mass is 602 g/mol. The highest BCUT2D eigenvalue weighted by Crippen LogP contribution is 2.45. The van der Waals surface area contributed by atoms with Crippen LogP contribution in [-0.4, -0.2) is 6.61 Å². The number of unbranched alkanes of at least 4 members (excludes halogenated alkanes) is 4. The molecule has 44 heavy (non-hydrogen) atoms. The average molecular weight is 603 g/mol. The fourth-order valence-corrected chi connectivity index (χ4v) is 7.77. The summed E-state index contributed by atoms with van der Waals surface area (Å²) in [7, 11) is 0. The summed E-state index contributed by atoms with van der Waals surface area (Å²) in [6.45, 7) is 5.90. The molecular weight excluding hydrogens is 553 g/mol. The summed E-state index contributed by atoms with van der Waals surface area (Å²) >= 11 is 0. The Morgan fingerprint density at radius 1 is 0.705 bits per heavy atom. The summed E-state index contributed by atoms with van der Waals surface area (Å²) in [5, 5.41) is 0. The molecule has 4 heteroatoms. The van der Waals surface area contributed by atoms with Crippen LogP contribution < -0.4 is 4.74 Å². The Balaban J connectivity index is 1.13. The second-order valence-corrected chi connectivity index (χ2v) is 13.3. The molecule has 2 aliphatic carbocycles. The molecule has 1 nitrogen and oxygen atoms in total.